The summed E-state index contributed by atoms with van der Waals surface area (Å²) in [6, 6.07) is 8.98. The topological polar surface area (TPSA) is 24.9 Å². The molecule has 1 aromatic heterocycles. The third kappa shape index (κ3) is 2.61. The lowest BCUT2D eigenvalue weighted by Crippen LogP contribution is -2.12. The predicted octanol–water partition coefficient (Wildman–Crippen LogP) is 4.02. The molecule has 1 heterocycles. The van der Waals surface area contributed by atoms with Gasteiger partial charge in [-0.25, -0.2) is 4.98 Å². The van der Waals surface area contributed by atoms with Crippen LogP contribution in [0.15, 0.2) is 35.8 Å². The molecule has 2 nitrogen and oxygen atoms in total. The Morgan fingerprint density at radius 1 is 1.31 bits per heavy atom. The van der Waals surface area contributed by atoms with Gasteiger partial charge in [-0.05, 0) is 37.6 Å². The summed E-state index contributed by atoms with van der Waals surface area (Å²) in [7, 11) is 0. The van der Waals surface area contributed by atoms with Crippen LogP contribution >= 0.6 is 11.3 Å². The number of hydrogen-bond donors (Lipinski definition) is 1. The Labute approximate surface area is 100 Å². The van der Waals surface area contributed by atoms with E-state index in [1.165, 1.54) is 11.3 Å². The SMILES string of the molecule is CCC(C)Nc1ccc(-c2nccs2)cc1. The molecule has 0 amide bonds. The highest BCUT2D eigenvalue weighted by Gasteiger charge is 2.01. The molecule has 2 aromatic rings. The number of aromatic nitrogens is 1. The first-order chi connectivity index (χ1) is 7.79. The number of nitrogens with one attached hydrogen (secondary N) is 1. The Bertz CT molecular complexity index is 420. The largest absolute Gasteiger partial charge is 0.383 e. The molecular weight excluding hydrogens is 216 g/mol. The van der Waals surface area contributed by atoms with Crippen molar-refractivity contribution in [2.45, 2.75) is 26.3 Å². The molecule has 16 heavy (non-hydrogen) atoms. The van der Waals surface area contributed by atoms with Crippen LogP contribution in [0.4, 0.5) is 5.69 Å². The van der Waals surface area contributed by atoms with E-state index in [1.807, 2.05) is 11.6 Å². The van der Waals surface area contributed by atoms with Crippen LogP contribution in [-0.2, 0) is 0 Å². The normalized spacial score (nSPS) is 12.4. The van der Waals surface area contributed by atoms with E-state index in [4.69, 9.17) is 0 Å². The van der Waals surface area contributed by atoms with Crippen LogP contribution < -0.4 is 5.32 Å². The number of hydrogen-bond acceptors (Lipinski definition) is 3. The molecule has 84 valence electrons. The second-order valence-corrected chi connectivity index (χ2v) is 4.76. The van der Waals surface area contributed by atoms with Crippen molar-refractivity contribution in [2.24, 2.45) is 0 Å². The van der Waals surface area contributed by atoms with Gasteiger partial charge in [0.25, 0.3) is 0 Å². The van der Waals surface area contributed by atoms with Crippen LogP contribution in [0.1, 0.15) is 20.3 Å². The maximum atomic E-state index is 4.29. The number of benzene rings is 1. The maximum absolute atomic E-state index is 4.29. The second kappa shape index (κ2) is 5.12. The number of nitrogens with zero attached hydrogens (tertiary/aromatic N) is 1. The Hall–Kier alpha value is -1.35. The van der Waals surface area contributed by atoms with Crippen LogP contribution in [0, 0.1) is 0 Å². The van der Waals surface area contributed by atoms with Crippen molar-refractivity contribution in [3.05, 3.63) is 35.8 Å². The van der Waals surface area contributed by atoms with Crippen LogP contribution in [0.2, 0.25) is 0 Å². The van der Waals surface area contributed by atoms with Crippen molar-refractivity contribution < 1.29 is 0 Å². The quantitative estimate of drug-likeness (QED) is 0.861. The predicted molar refractivity (Wildman–Crippen MR) is 70.9 cm³/mol. The lowest BCUT2D eigenvalue weighted by molar-refractivity contribution is 0.764. The minimum Gasteiger partial charge on any atom is -0.383 e. The molecule has 0 aliphatic heterocycles. The van der Waals surface area contributed by atoms with Crippen molar-refractivity contribution in [1.29, 1.82) is 0 Å². The molecule has 1 aromatic carbocycles. The van der Waals surface area contributed by atoms with Crippen molar-refractivity contribution in [2.75, 3.05) is 5.32 Å². The fourth-order valence-electron chi connectivity index (χ4n) is 1.46. The molecule has 0 saturated carbocycles. The number of rotatable bonds is 4. The maximum Gasteiger partial charge on any atom is 0.123 e. The molecule has 1 N–H and O–H groups in total. The molecule has 0 spiro atoms. The summed E-state index contributed by atoms with van der Waals surface area (Å²) >= 11 is 1.67. The van der Waals surface area contributed by atoms with Gasteiger partial charge in [0.1, 0.15) is 5.01 Å². The Morgan fingerprint density at radius 3 is 2.62 bits per heavy atom. The lowest BCUT2D eigenvalue weighted by Gasteiger charge is -2.12. The van der Waals surface area contributed by atoms with Crippen LogP contribution in [0.5, 0.6) is 0 Å². The van der Waals surface area contributed by atoms with E-state index in [0.29, 0.717) is 6.04 Å². The van der Waals surface area contributed by atoms with Gasteiger partial charge < -0.3 is 5.32 Å². The van der Waals surface area contributed by atoms with E-state index in [9.17, 15) is 0 Å². The first-order valence-corrected chi connectivity index (χ1v) is 6.44. The summed E-state index contributed by atoms with van der Waals surface area (Å²) in [6.45, 7) is 4.37. The first kappa shape index (κ1) is 11.1. The van der Waals surface area contributed by atoms with Gasteiger partial charge in [-0.15, -0.1) is 11.3 Å². The van der Waals surface area contributed by atoms with Crippen molar-refractivity contribution in [3.63, 3.8) is 0 Å². The summed E-state index contributed by atoms with van der Waals surface area (Å²) in [4.78, 5) is 4.29. The molecule has 2 rings (SSSR count). The Balaban J connectivity index is 2.11. The number of anilines is 1. The molecule has 0 aliphatic carbocycles. The molecule has 1 atom stereocenters. The van der Waals surface area contributed by atoms with Gasteiger partial charge in [0, 0.05) is 28.9 Å². The van der Waals surface area contributed by atoms with Gasteiger partial charge in [-0.2, -0.15) is 0 Å². The zero-order chi connectivity index (χ0) is 11.4. The average Bonchev–Trinajstić information content (AvgIpc) is 2.83. The molecule has 0 radical (unpaired) electrons. The summed E-state index contributed by atoms with van der Waals surface area (Å²) < 4.78 is 0. The summed E-state index contributed by atoms with van der Waals surface area (Å²) in [5.74, 6) is 0. The van der Waals surface area contributed by atoms with Gasteiger partial charge in [0.15, 0.2) is 0 Å². The minimum atomic E-state index is 0.519. The molecule has 0 bridgehead atoms. The van der Waals surface area contributed by atoms with E-state index in [1.54, 1.807) is 11.3 Å². The first-order valence-electron chi connectivity index (χ1n) is 5.56. The minimum absolute atomic E-state index is 0.519. The van der Waals surface area contributed by atoms with Gasteiger partial charge in [0.05, 0.1) is 0 Å². The van der Waals surface area contributed by atoms with Crippen LogP contribution in [-0.4, -0.2) is 11.0 Å². The summed E-state index contributed by atoms with van der Waals surface area (Å²) in [5, 5.41) is 6.53. The fraction of sp³-hybridized carbons (Fsp3) is 0.308. The van der Waals surface area contributed by atoms with Crippen molar-refractivity contribution >= 4 is 17.0 Å². The van der Waals surface area contributed by atoms with Crippen LogP contribution in [0.25, 0.3) is 10.6 Å². The number of thiazole rings is 1. The lowest BCUT2D eigenvalue weighted by atomic mass is 10.2. The summed E-state index contributed by atoms with van der Waals surface area (Å²) in [6.07, 6.45) is 2.97. The molecule has 0 aliphatic rings. The standard InChI is InChI=1S/C13H16N2S/c1-3-10(2)15-12-6-4-11(5-7-12)13-14-8-9-16-13/h4-10,15H,3H2,1-2H3. The van der Waals surface area contributed by atoms with Crippen molar-refractivity contribution in [3.8, 4) is 10.6 Å². The zero-order valence-corrected chi connectivity index (χ0v) is 10.4. The molecule has 0 fully saturated rings. The van der Waals surface area contributed by atoms with Gasteiger partial charge in [-0.1, -0.05) is 6.92 Å². The van der Waals surface area contributed by atoms with E-state index in [-0.39, 0.29) is 0 Å². The van der Waals surface area contributed by atoms with Gasteiger partial charge in [0.2, 0.25) is 0 Å². The van der Waals surface area contributed by atoms with Crippen molar-refractivity contribution in [1.82, 2.24) is 4.98 Å². The van der Waals surface area contributed by atoms with E-state index in [2.05, 4.69) is 48.4 Å². The van der Waals surface area contributed by atoms with E-state index >= 15 is 0 Å². The Morgan fingerprint density at radius 2 is 2.06 bits per heavy atom. The highest BCUT2D eigenvalue weighted by molar-refractivity contribution is 7.13. The Kier molecular flexibility index (Phi) is 3.57. The van der Waals surface area contributed by atoms with E-state index < -0.39 is 0 Å². The smallest absolute Gasteiger partial charge is 0.123 e. The van der Waals surface area contributed by atoms with Gasteiger partial charge >= 0.3 is 0 Å². The van der Waals surface area contributed by atoms with Crippen LogP contribution in [0.3, 0.4) is 0 Å². The average molecular weight is 232 g/mol. The summed E-state index contributed by atoms with van der Waals surface area (Å²) in [5.41, 5.74) is 2.36. The van der Waals surface area contributed by atoms with Gasteiger partial charge in [-0.3, -0.25) is 0 Å². The monoisotopic (exact) mass is 232 g/mol. The zero-order valence-electron chi connectivity index (χ0n) is 9.60. The highest BCUT2D eigenvalue weighted by atomic mass is 32.1. The molecule has 0 saturated heterocycles. The molecule has 1 unspecified atom stereocenters. The third-order valence-electron chi connectivity index (χ3n) is 2.59. The highest BCUT2D eigenvalue weighted by Crippen LogP contribution is 2.23. The third-order valence-corrected chi connectivity index (χ3v) is 3.41. The second-order valence-electron chi connectivity index (χ2n) is 3.87. The fourth-order valence-corrected chi connectivity index (χ4v) is 2.11. The van der Waals surface area contributed by atoms with E-state index in [0.717, 1.165) is 11.4 Å². The molecule has 3 heteroatoms. The molecular formula is C13H16N2S.